The molecule has 3 aliphatic rings. The number of hydrogen-bond acceptors (Lipinski definition) is 1. The minimum atomic E-state index is -0.655. The number of benzene rings is 10. The van der Waals surface area contributed by atoms with Crippen LogP contribution in [0.25, 0.3) is 44.5 Å². The van der Waals surface area contributed by atoms with E-state index in [-0.39, 0.29) is 0 Å². The third-order valence-corrected chi connectivity index (χ3v) is 14.2. The van der Waals surface area contributed by atoms with E-state index in [1.54, 1.807) is 0 Å². The van der Waals surface area contributed by atoms with Crippen molar-refractivity contribution in [2.75, 3.05) is 4.90 Å². The first-order valence-electron chi connectivity index (χ1n) is 22.0. The van der Waals surface area contributed by atoms with Gasteiger partial charge in [-0.25, -0.2) is 0 Å². The molecule has 63 heavy (non-hydrogen) atoms. The van der Waals surface area contributed by atoms with Crippen molar-refractivity contribution in [1.29, 1.82) is 0 Å². The third kappa shape index (κ3) is 4.82. The fraction of sp³-hybridized carbons (Fsp3) is 0.0323. The molecule has 0 amide bonds. The molecule has 0 aliphatic heterocycles. The van der Waals surface area contributed by atoms with Crippen molar-refractivity contribution in [2.45, 2.75) is 10.8 Å². The Hall–Kier alpha value is -8.00. The molecule has 1 heteroatoms. The Kier molecular flexibility index (Phi) is 7.80. The SMILES string of the molecule is c1ccc(-c2ccc(N(c3ccccc3-c3ccccc3)c3cccc4c3C3(c5ccccc5-c5ccccc53)c3ccccc3C43c4ccccc4-c4ccccc43)cc2)cc1. The molecule has 0 fully saturated rings. The molecule has 10 aromatic rings. The van der Waals surface area contributed by atoms with Crippen LogP contribution in [0.15, 0.2) is 249 Å². The van der Waals surface area contributed by atoms with E-state index in [2.05, 4.69) is 254 Å². The lowest BCUT2D eigenvalue weighted by molar-refractivity contribution is 0.633. The van der Waals surface area contributed by atoms with Crippen LogP contribution in [0.2, 0.25) is 0 Å². The first-order chi connectivity index (χ1) is 31.3. The molecule has 0 radical (unpaired) electrons. The van der Waals surface area contributed by atoms with Gasteiger partial charge in [-0.15, -0.1) is 0 Å². The zero-order valence-corrected chi connectivity index (χ0v) is 34.6. The summed E-state index contributed by atoms with van der Waals surface area (Å²) in [5, 5.41) is 0. The summed E-state index contributed by atoms with van der Waals surface area (Å²) in [6, 6.07) is 93.0. The Morgan fingerprint density at radius 1 is 0.222 bits per heavy atom. The molecule has 0 aromatic heterocycles. The average molecular weight is 800 g/mol. The lowest BCUT2D eigenvalue weighted by Crippen LogP contribution is -2.44. The van der Waals surface area contributed by atoms with Crippen LogP contribution in [0.1, 0.15) is 44.5 Å². The molecule has 0 saturated heterocycles. The minimum absolute atomic E-state index is 0.589. The van der Waals surface area contributed by atoms with Gasteiger partial charge in [0.15, 0.2) is 0 Å². The topological polar surface area (TPSA) is 3.24 Å². The van der Waals surface area contributed by atoms with Crippen LogP contribution in [0.4, 0.5) is 17.1 Å². The number of rotatable bonds is 5. The zero-order chi connectivity index (χ0) is 41.5. The lowest BCUT2D eigenvalue weighted by atomic mass is 9.52. The fourth-order valence-electron chi connectivity index (χ4n) is 11.8. The van der Waals surface area contributed by atoms with E-state index < -0.39 is 10.8 Å². The van der Waals surface area contributed by atoms with Crippen molar-refractivity contribution in [3.8, 4) is 44.5 Å². The van der Waals surface area contributed by atoms with E-state index in [1.165, 1.54) is 89.0 Å². The molecule has 294 valence electrons. The van der Waals surface area contributed by atoms with Gasteiger partial charge in [0.2, 0.25) is 0 Å². The monoisotopic (exact) mass is 799 g/mol. The molecule has 0 atom stereocenters. The van der Waals surface area contributed by atoms with Gasteiger partial charge >= 0.3 is 0 Å². The Balaban J connectivity index is 1.22. The van der Waals surface area contributed by atoms with E-state index in [4.69, 9.17) is 0 Å². The quantitative estimate of drug-likeness (QED) is 0.168. The fourth-order valence-corrected chi connectivity index (χ4v) is 11.8. The van der Waals surface area contributed by atoms with Crippen LogP contribution < -0.4 is 4.90 Å². The summed E-state index contributed by atoms with van der Waals surface area (Å²) in [6.45, 7) is 0. The smallest absolute Gasteiger partial charge is 0.0740 e. The number of hydrogen-bond donors (Lipinski definition) is 0. The van der Waals surface area contributed by atoms with Crippen molar-refractivity contribution in [3.05, 3.63) is 293 Å². The molecule has 2 spiro atoms. The van der Waals surface area contributed by atoms with Gasteiger partial charge in [0, 0.05) is 16.8 Å². The molecule has 3 aliphatic carbocycles. The number of para-hydroxylation sites is 1. The summed E-state index contributed by atoms with van der Waals surface area (Å²) in [6.07, 6.45) is 0. The Morgan fingerprint density at radius 3 is 1.13 bits per heavy atom. The van der Waals surface area contributed by atoms with Gasteiger partial charge in [0.25, 0.3) is 0 Å². The molecule has 0 heterocycles. The van der Waals surface area contributed by atoms with Crippen LogP contribution in [0.5, 0.6) is 0 Å². The van der Waals surface area contributed by atoms with Gasteiger partial charge in [-0.3, -0.25) is 0 Å². The lowest BCUT2D eigenvalue weighted by Gasteiger charge is -2.50. The van der Waals surface area contributed by atoms with Crippen molar-refractivity contribution < 1.29 is 0 Å². The Labute approximate surface area is 368 Å². The maximum atomic E-state index is 2.57. The van der Waals surface area contributed by atoms with Gasteiger partial charge in [-0.05, 0) is 102 Å². The van der Waals surface area contributed by atoms with Crippen molar-refractivity contribution in [1.82, 2.24) is 0 Å². The van der Waals surface area contributed by atoms with E-state index in [9.17, 15) is 0 Å². The minimum Gasteiger partial charge on any atom is -0.310 e. The van der Waals surface area contributed by atoms with Gasteiger partial charge in [0.1, 0.15) is 0 Å². The summed E-state index contributed by atoms with van der Waals surface area (Å²) < 4.78 is 0. The van der Waals surface area contributed by atoms with Crippen molar-refractivity contribution in [2.24, 2.45) is 0 Å². The third-order valence-electron chi connectivity index (χ3n) is 14.2. The van der Waals surface area contributed by atoms with Crippen LogP contribution in [-0.4, -0.2) is 0 Å². The summed E-state index contributed by atoms with van der Waals surface area (Å²) in [5.74, 6) is 0. The van der Waals surface area contributed by atoms with Crippen molar-refractivity contribution in [3.63, 3.8) is 0 Å². The van der Waals surface area contributed by atoms with E-state index >= 15 is 0 Å². The number of anilines is 3. The number of nitrogens with zero attached hydrogens (tertiary/aromatic N) is 1. The second-order valence-electron chi connectivity index (χ2n) is 17.1. The van der Waals surface area contributed by atoms with Crippen molar-refractivity contribution >= 4 is 17.1 Å². The van der Waals surface area contributed by atoms with Crippen LogP contribution >= 0.6 is 0 Å². The molecular formula is C62H41N. The normalized spacial score (nSPS) is 14.0. The maximum absolute atomic E-state index is 2.57. The van der Waals surface area contributed by atoms with Gasteiger partial charge in [0.05, 0.1) is 22.2 Å². The number of fused-ring (bicyclic) bond motifs is 16. The highest BCUT2D eigenvalue weighted by molar-refractivity contribution is 5.98. The molecule has 0 saturated carbocycles. The second kappa shape index (κ2) is 13.8. The molecule has 0 bridgehead atoms. The van der Waals surface area contributed by atoms with E-state index in [0.29, 0.717) is 0 Å². The second-order valence-corrected chi connectivity index (χ2v) is 17.1. The highest BCUT2D eigenvalue weighted by atomic mass is 15.1. The standard InChI is InChI=1S/C62H41N/c1-3-20-42(21-4-1)43-38-40-45(41-39-43)63(58-36-18-11-24-46(58)44-22-5-2-6-23-44)59-37-19-35-57-60(59)62(53-31-14-9-27-49(53)50-28-10-15-32-54(50)62)56-34-17-16-33-55(56)61(57)51-29-12-7-25-47(51)48-26-8-13-30-52(48)61/h1-41H. The predicted octanol–water partition coefficient (Wildman–Crippen LogP) is 15.5. The zero-order valence-electron chi connectivity index (χ0n) is 34.6. The van der Waals surface area contributed by atoms with Crippen LogP contribution in [0.3, 0.4) is 0 Å². The molecule has 0 N–H and O–H groups in total. The van der Waals surface area contributed by atoms with Gasteiger partial charge < -0.3 is 4.90 Å². The predicted molar refractivity (Wildman–Crippen MR) is 260 cm³/mol. The molecule has 10 aromatic carbocycles. The largest absolute Gasteiger partial charge is 0.310 e. The first-order valence-corrected chi connectivity index (χ1v) is 22.0. The molecule has 1 nitrogen and oxygen atoms in total. The van der Waals surface area contributed by atoms with Gasteiger partial charge in [-0.1, -0.05) is 224 Å². The Bertz CT molecular complexity index is 3310. The molecule has 13 rings (SSSR count). The summed E-state index contributed by atoms with van der Waals surface area (Å²) in [7, 11) is 0. The van der Waals surface area contributed by atoms with Gasteiger partial charge in [-0.2, -0.15) is 0 Å². The van der Waals surface area contributed by atoms with Crippen LogP contribution in [0, 0.1) is 0 Å². The Morgan fingerprint density at radius 2 is 0.587 bits per heavy atom. The molecular weight excluding hydrogens is 759 g/mol. The van der Waals surface area contributed by atoms with E-state index in [0.717, 1.165) is 17.1 Å². The summed E-state index contributed by atoms with van der Waals surface area (Å²) in [4.78, 5) is 2.57. The average Bonchev–Trinajstić information content (AvgIpc) is 3.83. The van der Waals surface area contributed by atoms with Crippen LogP contribution in [-0.2, 0) is 10.8 Å². The summed E-state index contributed by atoms with van der Waals surface area (Å²) in [5.41, 5.74) is 22.6. The first kappa shape index (κ1) is 35.7. The highest BCUT2D eigenvalue weighted by Crippen LogP contribution is 2.69. The van der Waals surface area contributed by atoms with E-state index in [1.807, 2.05) is 0 Å². The summed E-state index contributed by atoms with van der Waals surface area (Å²) >= 11 is 0. The highest BCUT2D eigenvalue weighted by Gasteiger charge is 2.60. The maximum Gasteiger partial charge on any atom is 0.0740 e. The molecule has 0 unspecified atom stereocenters.